The number of Topliss-reactive ketones (excluding diaryl/α,β-unsaturated/α-hetero) is 1. The van der Waals surface area contributed by atoms with Crippen LogP contribution in [0.15, 0.2) is 65.3 Å². The maximum atomic E-state index is 12.8. The highest BCUT2D eigenvalue weighted by molar-refractivity contribution is 6.06. The molecule has 0 atom stereocenters. The van der Waals surface area contributed by atoms with E-state index in [1.807, 2.05) is 38.1 Å². The van der Waals surface area contributed by atoms with Gasteiger partial charge in [-0.15, -0.1) is 0 Å². The van der Waals surface area contributed by atoms with Crippen molar-refractivity contribution >= 4 is 33.9 Å². The number of furan rings is 1. The van der Waals surface area contributed by atoms with Crippen LogP contribution in [0.25, 0.3) is 27.7 Å². The number of nitrogens with one attached hydrogen (secondary N) is 1. The quantitative estimate of drug-likeness (QED) is 0.215. The molecule has 1 heterocycles. The minimum atomic E-state index is -0.297. The van der Waals surface area contributed by atoms with E-state index in [1.54, 1.807) is 51.9 Å². The van der Waals surface area contributed by atoms with E-state index in [0.29, 0.717) is 39.7 Å². The number of ketones is 1. The molecule has 1 amide bonds. The van der Waals surface area contributed by atoms with E-state index in [4.69, 9.17) is 18.6 Å². The molecule has 1 aromatic heterocycles. The van der Waals surface area contributed by atoms with Crippen LogP contribution in [0.4, 0.5) is 5.69 Å². The molecule has 0 saturated carbocycles. The highest BCUT2D eigenvalue weighted by Gasteiger charge is 2.21. The van der Waals surface area contributed by atoms with Crippen molar-refractivity contribution in [1.29, 1.82) is 0 Å². The summed E-state index contributed by atoms with van der Waals surface area (Å²) in [5.74, 6) is 1.67. The molecule has 7 nitrogen and oxygen atoms in total. The van der Waals surface area contributed by atoms with Crippen LogP contribution >= 0.6 is 0 Å². The monoisotopic (exact) mass is 499 g/mol. The molecule has 37 heavy (non-hydrogen) atoms. The van der Waals surface area contributed by atoms with Crippen molar-refractivity contribution in [3.05, 3.63) is 77.6 Å². The van der Waals surface area contributed by atoms with E-state index < -0.39 is 0 Å². The topological polar surface area (TPSA) is 87.0 Å². The summed E-state index contributed by atoms with van der Waals surface area (Å²) in [6.07, 6.45) is 3.21. The molecule has 0 spiro atoms. The molecule has 0 saturated heterocycles. The van der Waals surface area contributed by atoms with Gasteiger partial charge in [0, 0.05) is 45.0 Å². The molecule has 0 bridgehead atoms. The number of fused-ring (bicyclic) bond motifs is 1. The van der Waals surface area contributed by atoms with Crippen LogP contribution in [-0.4, -0.2) is 33.0 Å². The number of hydrogen-bond acceptors (Lipinski definition) is 6. The SMILES string of the molecule is COc1ccc(OC)c(-c2coc3c(C)c(OC)c(/C(C)=C/C(=O)Nc4ccc(C(C)=O)cc4)cc23)c1. The first-order chi connectivity index (χ1) is 17.8. The zero-order chi connectivity index (χ0) is 26.7. The van der Waals surface area contributed by atoms with Gasteiger partial charge in [-0.25, -0.2) is 0 Å². The molecule has 190 valence electrons. The molecule has 0 aliphatic rings. The van der Waals surface area contributed by atoms with Crippen molar-refractivity contribution in [2.24, 2.45) is 0 Å². The van der Waals surface area contributed by atoms with Gasteiger partial charge in [-0.1, -0.05) is 0 Å². The van der Waals surface area contributed by atoms with E-state index >= 15 is 0 Å². The Balaban J connectivity index is 1.76. The molecule has 7 heteroatoms. The smallest absolute Gasteiger partial charge is 0.248 e. The predicted octanol–water partition coefficient (Wildman–Crippen LogP) is 6.68. The Morgan fingerprint density at radius 1 is 0.892 bits per heavy atom. The maximum absolute atomic E-state index is 12.8. The van der Waals surface area contributed by atoms with Crippen molar-refractivity contribution in [2.75, 3.05) is 26.6 Å². The van der Waals surface area contributed by atoms with Crippen LogP contribution in [-0.2, 0) is 4.79 Å². The number of allylic oxidation sites excluding steroid dienone is 1. The summed E-state index contributed by atoms with van der Waals surface area (Å²) in [7, 11) is 4.83. The fraction of sp³-hybridized carbons (Fsp3) is 0.200. The first-order valence-electron chi connectivity index (χ1n) is 11.7. The molecule has 0 aliphatic heterocycles. The summed E-state index contributed by atoms with van der Waals surface area (Å²) in [5, 5.41) is 3.70. The third-order valence-corrected chi connectivity index (χ3v) is 6.28. The van der Waals surface area contributed by atoms with Gasteiger partial charge in [0.2, 0.25) is 5.91 Å². The Morgan fingerprint density at radius 3 is 2.24 bits per heavy atom. The second-order valence-corrected chi connectivity index (χ2v) is 8.62. The summed E-state index contributed by atoms with van der Waals surface area (Å²) in [4.78, 5) is 24.3. The third-order valence-electron chi connectivity index (χ3n) is 6.28. The summed E-state index contributed by atoms with van der Waals surface area (Å²) in [5.41, 5.74) is 5.81. The molecule has 4 aromatic rings. The van der Waals surface area contributed by atoms with Gasteiger partial charge in [-0.05, 0) is 74.9 Å². The Labute approximate surface area is 215 Å². The van der Waals surface area contributed by atoms with E-state index in [2.05, 4.69) is 5.32 Å². The summed E-state index contributed by atoms with van der Waals surface area (Å²) >= 11 is 0. The first-order valence-corrected chi connectivity index (χ1v) is 11.7. The number of methoxy groups -OCH3 is 3. The molecular weight excluding hydrogens is 470 g/mol. The van der Waals surface area contributed by atoms with Gasteiger partial charge in [-0.3, -0.25) is 9.59 Å². The molecule has 0 radical (unpaired) electrons. The minimum Gasteiger partial charge on any atom is -0.497 e. The predicted molar refractivity (Wildman–Crippen MR) is 145 cm³/mol. The lowest BCUT2D eigenvalue weighted by Gasteiger charge is -2.14. The number of carbonyl (C=O) groups excluding carboxylic acids is 2. The number of aryl methyl sites for hydroxylation is 1. The zero-order valence-electron chi connectivity index (χ0n) is 21.7. The lowest BCUT2D eigenvalue weighted by molar-refractivity contribution is -0.111. The van der Waals surface area contributed by atoms with Crippen LogP contribution in [0, 0.1) is 6.92 Å². The molecule has 3 aromatic carbocycles. The molecule has 4 rings (SSSR count). The van der Waals surface area contributed by atoms with Crippen LogP contribution in [0.2, 0.25) is 0 Å². The van der Waals surface area contributed by atoms with Crippen LogP contribution in [0.1, 0.15) is 35.3 Å². The van der Waals surface area contributed by atoms with Crippen molar-refractivity contribution in [3.8, 4) is 28.4 Å². The fourth-order valence-electron chi connectivity index (χ4n) is 4.35. The van der Waals surface area contributed by atoms with Gasteiger partial charge < -0.3 is 23.9 Å². The lowest BCUT2D eigenvalue weighted by atomic mass is 9.96. The van der Waals surface area contributed by atoms with E-state index in [-0.39, 0.29) is 11.7 Å². The summed E-state index contributed by atoms with van der Waals surface area (Å²) < 4.78 is 22.7. The van der Waals surface area contributed by atoms with Crippen molar-refractivity contribution < 1.29 is 28.2 Å². The maximum Gasteiger partial charge on any atom is 0.248 e. The standard InChI is InChI=1S/C30H29NO6/c1-17(13-28(33)31-21-9-7-20(8-10-21)19(3)32)23-15-25-26(16-37-30(25)18(2)29(23)36-6)24-14-22(34-4)11-12-27(24)35-5/h7-16H,1-6H3,(H,31,33)/b17-13+. The average Bonchev–Trinajstić information content (AvgIpc) is 3.32. The molecular formula is C30H29NO6. The summed E-state index contributed by atoms with van der Waals surface area (Å²) in [6, 6.07) is 14.3. The zero-order valence-corrected chi connectivity index (χ0v) is 21.7. The Morgan fingerprint density at radius 2 is 1.62 bits per heavy atom. The highest BCUT2D eigenvalue weighted by atomic mass is 16.5. The van der Waals surface area contributed by atoms with Crippen molar-refractivity contribution in [2.45, 2.75) is 20.8 Å². The Kier molecular flexibility index (Phi) is 7.34. The molecule has 0 unspecified atom stereocenters. The van der Waals surface area contributed by atoms with E-state index in [0.717, 1.165) is 27.6 Å². The number of hydrogen-bond donors (Lipinski definition) is 1. The van der Waals surface area contributed by atoms with E-state index in [1.165, 1.54) is 13.0 Å². The first kappa shape index (κ1) is 25.6. The normalized spacial score (nSPS) is 11.4. The fourth-order valence-corrected chi connectivity index (χ4v) is 4.35. The summed E-state index contributed by atoms with van der Waals surface area (Å²) in [6.45, 7) is 5.28. The van der Waals surface area contributed by atoms with Crippen molar-refractivity contribution in [3.63, 3.8) is 0 Å². The largest absolute Gasteiger partial charge is 0.497 e. The third kappa shape index (κ3) is 5.07. The molecule has 1 N–H and O–H groups in total. The van der Waals surface area contributed by atoms with E-state index in [9.17, 15) is 9.59 Å². The van der Waals surface area contributed by atoms with Crippen LogP contribution < -0.4 is 19.5 Å². The number of rotatable bonds is 8. The highest BCUT2D eigenvalue weighted by Crippen LogP contribution is 2.43. The van der Waals surface area contributed by atoms with Gasteiger partial charge in [0.15, 0.2) is 5.78 Å². The Hall–Kier alpha value is -4.52. The average molecular weight is 500 g/mol. The minimum absolute atomic E-state index is 0.0309. The lowest BCUT2D eigenvalue weighted by Crippen LogP contribution is -2.09. The Bertz CT molecular complexity index is 1510. The van der Waals surface area contributed by atoms with Crippen molar-refractivity contribution in [1.82, 2.24) is 0 Å². The van der Waals surface area contributed by atoms with Gasteiger partial charge >= 0.3 is 0 Å². The second-order valence-electron chi connectivity index (χ2n) is 8.62. The van der Waals surface area contributed by atoms with Gasteiger partial charge in [0.05, 0.1) is 27.6 Å². The van der Waals surface area contributed by atoms with Crippen LogP contribution in [0.5, 0.6) is 17.2 Å². The number of amides is 1. The van der Waals surface area contributed by atoms with Gasteiger partial charge in [-0.2, -0.15) is 0 Å². The number of ether oxygens (including phenoxy) is 3. The van der Waals surface area contributed by atoms with Gasteiger partial charge in [0.25, 0.3) is 0 Å². The number of carbonyl (C=O) groups is 2. The number of benzene rings is 3. The molecule has 0 aliphatic carbocycles. The second kappa shape index (κ2) is 10.6. The van der Waals surface area contributed by atoms with Crippen LogP contribution in [0.3, 0.4) is 0 Å². The number of anilines is 1. The van der Waals surface area contributed by atoms with Gasteiger partial charge in [0.1, 0.15) is 22.8 Å². The molecule has 0 fully saturated rings.